The van der Waals surface area contributed by atoms with E-state index in [4.69, 9.17) is 11.6 Å². The van der Waals surface area contributed by atoms with Crippen LogP contribution in [0.3, 0.4) is 0 Å². The van der Waals surface area contributed by atoms with Gasteiger partial charge in [-0.3, -0.25) is 0 Å². The van der Waals surface area contributed by atoms with E-state index in [0.29, 0.717) is 15.9 Å². The largest absolute Gasteiger partial charge is 0.300 e. The molecule has 0 unspecified atom stereocenters. The van der Waals surface area contributed by atoms with Gasteiger partial charge in [-0.05, 0) is 30.7 Å². The third kappa shape index (κ3) is 2.09. The summed E-state index contributed by atoms with van der Waals surface area (Å²) in [6.07, 6.45) is 6.07. The Morgan fingerprint density at radius 1 is 1.44 bits per heavy atom. The molecule has 0 aromatic carbocycles. The van der Waals surface area contributed by atoms with Gasteiger partial charge in [-0.2, -0.15) is 11.8 Å². The van der Waals surface area contributed by atoms with Gasteiger partial charge in [0.2, 0.25) is 5.28 Å². The van der Waals surface area contributed by atoms with Crippen molar-refractivity contribution in [2.45, 2.75) is 50.3 Å². The lowest BCUT2D eigenvalue weighted by molar-refractivity contribution is 0.317. The first kappa shape index (κ1) is 12.2. The SMILES string of the molecule is CSC1(Cn2c(Cl)nnc2C(C)C)CCC1. The molecule has 3 nitrogen and oxygen atoms in total. The fourth-order valence-corrected chi connectivity index (χ4v) is 3.29. The number of rotatable bonds is 4. The van der Waals surface area contributed by atoms with E-state index in [1.807, 2.05) is 11.8 Å². The number of halogens is 1. The first-order valence-electron chi connectivity index (χ1n) is 5.72. The first-order chi connectivity index (χ1) is 7.58. The summed E-state index contributed by atoms with van der Waals surface area (Å²) in [4.78, 5) is 0. The van der Waals surface area contributed by atoms with Crippen molar-refractivity contribution in [1.82, 2.24) is 14.8 Å². The van der Waals surface area contributed by atoms with Crippen molar-refractivity contribution >= 4 is 23.4 Å². The highest BCUT2D eigenvalue weighted by atomic mass is 35.5. The molecule has 1 fully saturated rings. The minimum atomic E-state index is 0.371. The van der Waals surface area contributed by atoms with Crippen LogP contribution in [0, 0.1) is 0 Å². The molecule has 1 aliphatic carbocycles. The van der Waals surface area contributed by atoms with Gasteiger partial charge in [0.25, 0.3) is 0 Å². The third-order valence-electron chi connectivity index (χ3n) is 3.39. The van der Waals surface area contributed by atoms with E-state index in [1.54, 1.807) is 0 Å². The first-order valence-corrected chi connectivity index (χ1v) is 7.32. The van der Waals surface area contributed by atoms with E-state index < -0.39 is 0 Å². The summed E-state index contributed by atoms with van der Waals surface area (Å²) in [6.45, 7) is 5.21. The molecule has 16 heavy (non-hydrogen) atoms. The molecule has 0 amide bonds. The van der Waals surface area contributed by atoms with Crippen molar-refractivity contribution in [3.63, 3.8) is 0 Å². The van der Waals surface area contributed by atoms with Crippen LogP contribution in [0.2, 0.25) is 5.28 Å². The molecule has 0 bridgehead atoms. The van der Waals surface area contributed by atoms with Crippen LogP contribution in [-0.2, 0) is 6.54 Å². The topological polar surface area (TPSA) is 30.7 Å². The van der Waals surface area contributed by atoms with E-state index in [0.717, 1.165) is 12.4 Å². The highest BCUT2D eigenvalue weighted by molar-refractivity contribution is 8.00. The lowest BCUT2D eigenvalue weighted by Crippen LogP contribution is -2.38. The molecule has 1 aliphatic rings. The van der Waals surface area contributed by atoms with Crippen LogP contribution < -0.4 is 0 Å². The molecule has 0 aliphatic heterocycles. The molecule has 2 rings (SSSR count). The molecule has 1 aromatic rings. The summed E-state index contributed by atoms with van der Waals surface area (Å²) < 4.78 is 2.46. The molecule has 0 spiro atoms. The molecular weight excluding hydrogens is 242 g/mol. The predicted molar refractivity (Wildman–Crippen MR) is 69.2 cm³/mol. The number of hydrogen-bond acceptors (Lipinski definition) is 3. The number of nitrogens with zero attached hydrogens (tertiary/aromatic N) is 3. The standard InChI is InChI=1S/C11H18ClN3S/c1-8(2)9-13-14-10(12)15(9)7-11(16-3)5-4-6-11/h8H,4-7H2,1-3H3. The zero-order valence-electron chi connectivity index (χ0n) is 10.0. The highest BCUT2D eigenvalue weighted by Crippen LogP contribution is 2.44. The molecule has 0 N–H and O–H groups in total. The summed E-state index contributed by atoms with van der Waals surface area (Å²) in [5, 5.41) is 8.68. The van der Waals surface area contributed by atoms with E-state index >= 15 is 0 Å². The minimum Gasteiger partial charge on any atom is -0.300 e. The lowest BCUT2D eigenvalue weighted by Gasteiger charge is -2.41. The molecule has 0 saturated heterocycles. The van der Waals surface area contributed by atoms with Crippen LogP contribution >= 0.6 is 23.4 Å². The van der Waals surface area contributed by atoms with Crippen molar-refractivity contribution in [1.29, 1.82) is 0 Å². The molecule has 0 radical (unpaired) electrons. The van der Waals surface area contributed by atoms with Gasteiger partial charge in [0, 0.05) is 17.2 Å². The van der Waals surface area contributed by atoms with Crippen molar-refractivity contribution in [2.24, 2.45) is 0 Å². The summed E-state index contributed by atoms with van der Waals surface area (Å²) in [5.41, 5.74) is 0. The van der Waals surface area contributed by atoms with Gasteiger partial charge in [0.05, 0.1) is 0 Å². The Morgan fingerprint density at radius 2 is 2.12 bits per heavy atom. The van der Waals surface area contributed by atoms with Crippen LogP contribution in [0.1, 0.15) is 44.9 Å². The Balaban J connectivity index is 2.23. The zero-order valence-corrected chi connectivity index (χ0v) is 11.6. The highest BCUT2D eigenvalue weighted by Gasteiger charge is 2.37. The molecule has 5 heteroatoms. The van der Waals surface area contributed by atoms with Gasteiger partial charge in [-0.1, -0.05) is 20.3 Å². The average molecular weight is 260 g/mol. The fourth-order valence-electron chi connectivity index (χ4n) is 2.15. The summed E-state index contributed by atoms with van der Waals surface area (Å²) >= 11 is 8.06. The lowest BCUT2D eigenvalue weighted by atomic mass is 9.84. The van der Waals surface area contributed by atoms with E-state index in [9.17, 15) is 0 Å². The smallest absolute Gasteiger partial charge is 0.225 e. The zero-order chi connectivity index (χ0) is 11.8. The summed E-state index contributed by atoms with van der Waals surface area (Å²) in [5.74, 6) is 1.38. The maximum atomic E-state index is 6.11. The van der Waals surface area contributed by atoms with Gasteiger partial charge < -0.3 is 4.57 Å². The maximum Gasteiger partial charge on any atom is 0.225 e. The van der Waals surface area contributed by atoms with E-state index in [1.165, 1.54) is 19.3 Å². The Hall–Kier alpha value is -0.220. The van der Waals surface area contributed by atoms with E-state index in [-0.39, 0.29) is 0 Å². The summed E-state index contributed by atoms with van der Waals surface area (Å²) in [7, 11) is 0. The molecule has 90 valence electrons. The van der Waals surface area contributed by atoms with Crippen molar-refractivity contribution in [3.05, 3.63) is 11.1 Å². The van der Waals surface area contributed by atoms with Gasteiger partial charge in [0.15, 0.2) is 0 Å². The van der Waals surface area contributed by atoms with Gasteiger partial charge in [0.1, 0.15) is 5.82 Å². The van der Waals surface area contributed by atoms with Crippen LogP contribution in [0.4, 0.5) is 0 Å². The van der Waals surface area contributed by atoms with Gasteiger partial charge in [-0.15, -0.1) is 10.2 Å². The monoisotopic (exact) mass is 259 g/mol. The van der Waals surface area contributed by atoms with Crippen molar-refractivity contribution in [2.75, 3.05) is 6.26 Å². The van der Waals surface area contributed by atoms with Crippen LogP contribution in [0.15, 0.2) is 0 Å². The maximum absolute atomic E-state index is 6.11. The minimum absolute atomic E-state index is 0.371. The predicted octanol–water partition coefficient (Wildman–Crippen LogP) is 3.34. The molecule has 1 heterocycles. The third-order valence-corrected chi connectivity index (χ3v) is 5.08. The molecular formula is C11H18ClN3S. The van der Waals surface area contributed by atoms with Crippen LogP contribution in [0.25, 0.3) is 0 Å². The second-order valence-corrected chi connectivity index (χ2v) is 6.42. The molecule has 0 atom stereocenters. The Morgan fingerprint density at radius 3 is 2.56 bits per heavy atom. The average Bonchev–Trinajstić information content (AvgIpc) is 2.54. The second kappa shape index (κ2) is 4.57. The van der Waals surface area contributed by atoms with E-state index in [2.05, 4.69) is 34.9 Å². The number of aromatic nitrogens is 3. The number of thioether (sulfide) groups is 1. The van der Waals surface area contributed by atoms with Gasteiger partial charge in [-0.25, -0.2) is 0 Å². The Labute approximate surface area is 106 Å². The molecule has 1 saturated carbocycles. The van der Waals surface area contributed by atoms with Crippen LogP contribution in [-0.4, -0.2) is 25.8 Å². The Bertz CT molecular complexity index is 366. The Kier molecular flexibility index (Phi) is 3.50. The summed E-state index contributed by atoms with van der Waals surface area (Å²) in [6, 6.07) is 0. The van der Waals surface area contributed by atoms with Crippen molar-refractivity contribution in [3.8, 4) is 0 Å². The fraction of sp³-hybridized carbons (Fsp3) is 0.818. The van der Waals surface area contributed by atoms with Crippen LogP contribution in [0.5, 0.6) is 0 Å². The quantitative estimate of drug-likeness (QED) is 0.831. The molecule has 1 aromatic heterocycles. The number of hydrogen-bond donors (Lipinski definition) is 0. The second-order valence-electron chi connectivity index (χ2n) is 4.81. The normalized spacial score (nSPS) is 18.8. The van der Waals surface area contributed by atoms with Gasteiger partial charge >= 0.3 is 0 Å². The van der Waals surface area contributed by atoms with Crippen molar-refractivity contribution < 1.29 is 0 Å².